The predicted molar refractivity (Wildman–Crippen MR) is 100 cm³/mol. The van der Waals surface area contributed by atoms with E-state index in [0.29, 0.717) is 5.89 Å². The lowest BCUT2D eigenvalue weighted by Gasteiger charge is -2.18. The van der Waals surface area contributed by atoms with Crippen molar-refractivity contribution in [2.45, 2.75) is 10.8 Å². The number of aromatic nitrogens is 2. The number of fused-ring (bicyclic) bond motifs is 1. The maximum absolute atomic E-state index is 12.6. The van der Waals surface area contributed by atoms with E-state index in [0.717, 1.165) is 5.56 Å². The van der Waals surface area contributed by atoms with Gasteiger partial charge in [0.05, 0.1) is 12.1 Å². The number of sulfonamides is 1. The minimum atomic E-state index is -4.00. The lowest BCUT2D eigenvalue weighted by atomic mass is 9.99. The van der Waals surface area contributed by atoms with Gasteiger partial charge in [0, 0.05) is 12.7 Å². The molecular weight excluding hydrogens is 382 g/mol. The van der Waals surface area contributed by atoms with Crippen molar-refractivity contribution in [3.8, 4) is 0 Å². The van der Waals surface area contributed by atoms with E-state index in [1.165, 1.54) is 30.8 Å². The Morgan fingerprint density at radius 3 is 2.68 bits per heavy atom. The van der Waals surface area contributed by atoms with Crippen LogP contribution < -0.4 is 10.6 Å². The Morgan fingerprint density at radius 2 is 1.93 bits per heavy atom. The second-order valence-corrected chi connectivity index (χ2v) is 7.51. The summed E-state index contributed by atoms with van der Waals surface area (Å²) in [7, 11) is -4.00. The van der Waals surface area contributed by atoms with Crippen LogP contribution in [0.25, 0.3) is 0 Å². The Hall–Kier alpha value is -3.53. The first kappa shape index (κ1) is 17.9. The average Bonchev–Trinajstić information content (AvgIpc) is 3.23. The van der Waals surface area contributed by atoms with Gasteiger partial charge >= 0.3 is 0 Å². The van der Waals surface area contributed by atoms with Crippen LogP contribution in [0.1, 0.15) is 17.4 Å². The molecule has 28 heavy (non-hydrogen) atoms. The van der Waals surface area contributed by atoms with Gasteiger partial charge in [0.1, 0.15) is 11.2 Å². The number of rotatable bonds is 5. The van der Waals surface area contributed by atoms with Crippen molar-refractivity contribution in [3.05, 3.63) is 72.6 Å². The summed E-state index contributed by atoms with van der Waals surface area (Å²) in [6.45, 7) is 0.138. The summed E-state index contributed by atoms with van der Waals surface area (Å²) in [6.07, 6.45) is 4.40. The van der Waals surface area contributed by atoms with Gasteiger partial charge in [-0.1, -0.05) is 30.3 Å². The van der Waals surface area contributed by atoms with Crippen molar-refractivity contribution >= 4 is 27.6 Å². The van der Waals surface area contributed by atoms with Gasteiger partial charge in [0.15, 0.2) is 5.82 Å². The topological polar surface area (TPSA) is 127 Å². The molecule has 1 unspecified atom stereocenters. The number of nitrogens with zero attached hydrogens (tertiary/aromatic N) is 3. The molecule has 2 aromatic heterocycles. The van der Waals surface area contributed by atoms with E-state index in [1.807, 2.05) is 30.3 Å². The van der Waals surface area contributed by atoms with Crippen molar-refractivity contribution in [1.29, 1.82) is 0 Å². The maximum atomic E-state index is 12.6. The maximum Gasteiger partial charge on any atom is 0.288 e. The van der Waals surface area contributed by atoms with Gasteiger partial charge in [-0.05, 0) is 17.7 Å². The van der Waals surface area contributed by atoms with Crippen LogP contribution in [-0.4, -0.2) is 36.7 Å². The van der Waals surface area contributed by atoms with Gasteiger partial charge in [-0.15, -0.1) is 4.40 Å². The highest BCUT2D eigenvalue weighted by Crippen LogP contribution is 2.25. The molecule has 0 saturated heterocycles. The summed E-state index contributed by atoms with van der Waals surface area (Å²) >= 11 is 0. The molecule has 9 nitrogen and oxygen atoms in total. The van der Waals surface area contributed by atoms with E-state index < -0.39 is 15.9 Å². The molecule has 3 aromatic rings. The fraction of sp³-hybridized carbons (Fsp3) is 0.111. The van der Waals surface area contributed by atoms with Crippen LogP contribution in [0.4, 0.5) is 5.82 Å². The molecule has 0 saturated carbocycles. The number of amidine groups is 1. The number of nitrogens with one attached hydrogen (secondary N) is 2. The van der Waals surface area contributed by atoms with Gasteiger partial charge in [-0.3, -0.25) is 4.79 Å². The third-order valence-corrected chi connectivity index (χ3v) is 5.44. The minimum absolute atomic E-state index is 0.0648. The molecule has 1 aromatic carbocycles. The number of hydrogen-bond acceptors (Lipinski definition) is 7. The highest BCUT2D eigenvalue weighted by Gasteiger charge is 2.29. The van der Waals surface area contributed by atoms with Gasteiger partial charge in [-0.25, -0.2) is 9.97 Å². The molecule has 2 N–H and O–H groups in total. The van der Waals surface area contributed by atoms with Crippen LogP contribution in [0.2, 0.25) is 0 Å². The van der Waals surface area contributed by atoms with Crippen molar-refractivity contribution < 1.29 is 17.6 Å². The number of pyridine rings is 1. The van der Waals surface area contributed by atoms with Crippen LogP contribution in [0, 0.1) is 0 Å². The van der Waals surface area contributed by atoms with Gasteiger partial charge in [0.25, 0.3) is 15.9 Å². The molecule has 0 fully saturated rings. The standard InChI is InChI=1S/C18H15N5O4S/c24-17(16-22-15-14(7-4-8-19-15)28(25,26)23-16)21-11-13(18-20-9-10-27-18)12-5-2-1-3-6-12/h1-10,13H,11H2,(H,21,24)(H,19,22,23). The second kappa shape index (κ2) is 7.24. The van der Waals surface area contributed by atoms with E-state index in [2.05, 4.69) is 25.0 Å². The van der Waals surface area contributed by atoms with Gasteiger partial charge in [-0.2, -0.15) is 8.42 Å². The predicted octanol–water partition coefficient (Wildman–Crippen LogP) is 1.53. The Morgan fingerprint density at radius 1 is 1.11 bits per heavy atom. The quantitative estimate of drug-likeness (QED) is 0.668. The van der Waals surface area contributed by atoms with E-state index in [9.17, 15) is 13.2 Å². The molecule has 1 aliphatic heterocycles. The SMILES string of the molecule is O=C(NCC(c1ccccc1)c1ncco1)C1=NS(=O)(=O)c2cccnc2N1. The number of oxazole rings is 1. The third kappa shape index (κ3) is 3.49. The van der Waals surface area contributed by atoms with Crippen LogP contribution in [0.3, 0.4) is 0 Å². The highest BCUT2D eigenvalue weighted by atomic mass is 32.2. The molecular formula is C18H15N5O4S. The third-order valence-electron chi connectivity index (χ3n) is 4.13. The molecule has 0 radical (unpaired) electrons. The smallest absolute Gasteiger partial charge is 0.288 e. The Bertz CT molecular complexity index is 1130. The molecule has 10 heteroatoms. The van der Waals surface area contributed by atoms with E-state index in [4.69, 9.17) is 4.42 Å². The second-order valence-electron chi connectivity index (χ2n) is 5.93. The number of carbonyl (C=O) groups is 1. The minimum Gasteiger partial charge on any atom is -0.448 e. The van der Waals surface area contributed by atoms with E-state index >= 15 is 0 Å². The molecule has 142 valence electrons. The lowest BCUT2D eigenvalue weighted by Crippen LogP contribution is -2.40. The fourth-order valence-electron chi connectivity index (χ4n) is 2.81. The summed E-state index contributed by atoms with van der Waals surface area (Å²) in [4.78, 5) is 20.6. The fourth-order valence-corrected chi connectivity index (χ4v) is 3.88. The number of hydrogen-bond donors (Lipinski definition) is 2. The van der Waals surface area contributed by atoms with Crippen molar-refractivity contribution in [2.24, 2.45) is 4.40 Å². The summed E-state index contributed by atoms with van der Waals surface area (Å²) in [6, 6.07) is 12.3. The summed E-state index contributed by atoms with van der Waals surface area (Å²) in [5.74, 6) is -0.858. The number of anilines is 1. The lowest BCUT2D eigenvalue weighted by molar-refractivity contribution is -0.114. The average molecular weight is 397 g/mol. The monoisotopic (exact) mass is 397 g/mol. The number of benzene rings is 1. The highest BCUT2D eigenvalue weighted by molar-refractivity contribution is 7.90. The largest absolute Gasteiger partial charge is 0.448 e. The zero-order valence-electron chi connectivity index (χ0n) is 14.4. The van der Waals surface area contributed by atoms with Crippen LogP contribution in [-0.2, 0) is 14.8 Å². The van der Waals surface area contributed by atoms with Crippen molar-refractivity contribution in [3.63, 3.8) is 0 Å². The number of carbonyl (C=O) groups excluding carboxylic acids is 1. The Labute approximate surface area is 160 Å². The molecule has 4 rings (SSSR count). The molecule has 1 atom stereocenters. The zero-order valence-corrected chi connectivity index (χ0v) is 15.3. The Balaban J connectivity index is 1.54. The van der Waals surface area contributed by atoms with Crippen LogP contribution >= 0.6 is 0 Å². The molecule has 0 spiro atoms. The first-order chi connectivity index (χ1) is 13.5. The van der Waals surface area contributed by atoms with Crippen LogP contribution in [0.15, 0.2) is 74.8 Å². The molecule has 1 aliphatic rings. The molecule has 0 aliphatic carbocycles. The number of amides is 1. The molecule has 3 heterocycles. The normalized spacial score (nSPS) is 15.6. The Kier molecular flexibility index (Phi) is 4.62. The first-order valence-electron chi connectivity index (χ1n) is 8.34. The molecule has 1 amide bonds. The van der Waals surface area contributed by atoms with Crippen LogP contribution in [0.5, 0.6) is 0 Å². The summed E-state index contributed by atoms with van der Waals surface area (Å²) < 4.78 is 33.5. The summed E-state index contributed by atoms with van der Waals surface area (Å²) in [5.41, 5.74) is 0.892. The zero-order chi connectivity index (χ0) is 19.6. The van der Waals surface area contributed by atoms with Gasteiger partial charge in [0.2, 0.25) is 11.7 Å². The first-order valence-corrected chi connectivity index (χ1v) is 9.78. The van der Waals surface area contributed by atoms with E-state index in [-0.39, 0.29) is 29.0 Å². The molecule has 0 bridgehead atoms. The van der Waals surface area contributed by atoms with E-state index in [1.54, 1.807) is 0 Å². The van der Waals surface area contributed by atoms with Crippen molar-refractivity contribution in [2.75, 3.05) is 11.9 Å². The van der Waals surface area contributed by atoms with Gasteiger partial charge < -0.3 is 15.1 Å². The summed E-state index contributed by atoms with van der Waals surface area (Å²) in [5, 5.41) is 5.34. The van der Waals surface area contributed by atoms with Crippen molar-refractivity contribution in [1.82, 2.24) is 15.3 Å².